The minimum atomic E-state index is -3.88. The Morgan fingerprint density at radius 2 is 2.03 bits per heavy atom. The third-order valence-corrected chi connectivity index (χ3v) is 6.61. The van der Waals surface area contributed by atoms with Crippen LogP contribution >= 0.6 is 23.4 Å². The number of carbonyl (C=O) groups is 2. The first-order valence-corrected chi connectivity index (χ1v) is 11.7. The van der Waals surface area contributed by atoms with Gasteiger partial charge in [0.1, 0.15) is 0 Å². The van der Waals surface area contributed by atoms with Crippen LogP contribution in [-0.4, -0.2) is 31.9 Å². The molecule has 3 rings (SSSR count). The van der Waals surface area contributed by atoms with Gasteiger partial charge in [-0.1, -0.05) is 41.6 Å². The van der Waals surface area contributed by atoms with Crippen LogP contribution in [0.3, 0.4) is 0 Å². The summed E-state index contributed by atoms with van der Waals surface area (Å²) in [6, 6.07) is 9.74. The first-order valence-electron chi connectivity index (χ1n) is 8.82. The third-order valence-electron chi connectivity index (χ3n) is 4.51. The summed E-state index contributed by atoms with van der Waals surface area (Å²) in [6.07, 6.45) is 1.81. The van der Waals surface area contributed by atoms with Crippen molar-refractivity contribution in [2.75, 3.05) is 22.5 Å². The number of fused-ring (bicyclic) bond motifs is 1. The van der Waals surface area contributed by atoms with E-state index in [0.717, 1.165) is 47.5 Å². The van der Waals surface area contributed by atoms with Crippen LogP contribution in [-0.2, 0) is 21.2 Å². The minimum absolute atomic E-state index is 0.0433. The lowest BCUT2D eigenvalue weighted by Crippen LogP contribution is -2.34. The van der Waals surface area contributed by atoms with Gasteiger partial charge in [0, 0.05) is 6.54 Å². The molecule has 0 aromatic heterocycles. The molecule has 0 saturated carbocycles. The van der Waals surface area contributed by atoms with Gasteiger partial charge in [-0.3, -0.25) is 9.59 Å². The fourth-order valence-electron chi connectivity index (χ4n) is 3.20. The number of sulfonamides is 1. The lowest BCUT2D eigenvalue weighted by atomic mass is 9.99. The van der Waals surface area contributed by atoms with Crippen LogP contribution in [0.2, 0.25) is 5.02 Å². The van der Waals surface area contributed by atoms with Gasteiger partial charge in [0.25, 0.3) is 5.24 Å². The largest absolute Gasteiger partial charge is 0.324 e. The van der Waals surface area contributed by atoms with Crippen molar-refractivity contribution in [3.8, 4) is 0 Å². The molecule has 3 N–H and O–H groups in total. The van der Waals surface area contributed by atoms with Gasteiger partial charge in [-0.2, -0.15) is 0 Å². The molecule has 2 amide bonds. The SMILES string of the molecule is Cc1cccc2c1N(C(=O)SCC(=O)Nc1ccc(S(N)(=O)=O)cc1Cl)CCC2. The first-order chi connectivity index (χ1) is 13.7. The van der Waals surface area contributed by atoms with Crippen LogP contribution in [0.4, 0.5) is 16.2 Å². The Bertz CT molecular complexity index is 1070. The molecule has 1 aliphatic rings. The van der Waals surface area contributed by atoms with Gasteiger partial charge in [0.05, 0.1) is 27.0 Å². The summed E-state index contributed by atoms with van der Waals surface area (Å²) in [5, 5.41) is 7.49. The van der Waals surface area contributed by atoms with Crippen molar-refractivity contribution in [2.45, 2.75) is 24.7 Å². The smallest absolute Gasteiger partial charge is 0.286 e. The topological polar surface area (TPSA) is 110 Å². The molecule has 0 spiro atoms. The van der Waals surface area contributed by atoms with Gasteiger partial charge >= 0.3 is 0 Å². The van der Waals surface area contributed by atoms with Crippen molar-refractivity contribution < 1.29 is 18.0 Å². The van der Waals surface area contributed by atoms with E-state index in [1.165, 1.54) is 12.1 Å². The number of hydrogen-bond acceptors (Lipinski definition) is 5. The summed E-state index contributed by atoms with van der Waals surface area (Å²) in [7, 11) is -3.88. The second-order valence-electron chi connectivity index (χ2n) is 6.63. The van der Waals surface area contributed by atoms with E-state index < -0.39 is 15.9 Å². The molecule has 0 aliphatic carbocycles. The molecule has 0 fully saturated rings. The average molecular weight is 454 g/mol. The van der Waals surface area contributed by atoms with E-state index in [1.807, 2.05) is 25.1 Å². The highest BCUT2D eigenvalue weighted by molar-refractivity contribution is 8.14. The molecule has 1 heterocycles. The Morgan fingerprint density at radius 3 is 2.72 bits per heavy atom. The van der Waals surface area contributed by atoms with Crippen molar-refractivity contribution in [3.05, 3.63) is 52.5 Å². The van der Waals surface area contributed by atoms with Gasteiger partial charge < -0.3 is 10.2 Å². The van der Waals surface area contributed by atoms with E-state index in [0.29, 0.717) is 6.54 Å². The van der Waals surface area contributed by atoms with E-state index in [-0.39, 0.29) is 26.6 Å². The summed E-state index contributed by atoms with van der Waals surface area (Å²) >= 11 is 6.93. The molecule has 0 radical (unpaired) electrons. The predicted molar refractivity (Wildman–Crippen MR) is 116 cm³/mol. The van der Waals surface area contributed by atoms with Crippen LogP contribution < -0.4 is 15.4 Å². The summed E-state index contributed by atoms with van der Waals surface area (Å²) in [5.41, 5.74) is 3.34. The fraction of sp³-hybridized carbons (Fsp3) is 0.263. The number of carbonyl (C=O) groups excluding carboxylic acids is 2. The second kappa shape index (κ2) is 8.74. The lowest BCUT2D eigenvalue weighted by molar-refractivity contribution is -0.113. The standard InChI is InChI=1S/C19H20ClN3O4S2/c1-12-4-2-5-13-6-3-9-23(18(12)13)19(25)28-11-17(24)22-16-8-7-14(10-15(16)20)29(21,26)27/h2,4-5,7-8,10H,3,6,9,11H2,1H3,(H,22,24)(H2,21,26,27). The number of para-hydroxylation sites is 1. The molecule has 2 aromatic rings. The van der Waals surface area contributed by atoms with E-state index in [2.05, 4.69) is 5.32 Å². The van der Waals surface area contributed by atoms with Crippen LogP contribution in [0.1, 0.15) is 17.5 Å². The van der Waals surface area contributed by atoms with Crippen molar-refractivity contribution in [1.29, 1.82) is 0 Å². The molecule has 0 saturated heterocycles. The molecule has 10 heteroatoms. The number of nitrogens with one attached hydrogen (secondary N) is 1. The molecule has 1 aliphatic heterocycles. The van der Waals surface area contributed by atoms with Crippen LogP contribution in [0.25, 0.3) is 0 Å². The highest BCUT2D eigenvalue weighted by Crippen LogP contribution is 2.32. The maximum Gasteiger partial charge on any atom is 0.286 e. The quantitative estimate of drug-likeness (QED) is 0.735. The molecular weight excluding hydrogens is 434 g/mol. The lowest BCUT2D eigenvalue weighted by Gasteiger charge is -2.30. The van der Waals surface area contributed by atoms with E-state index in [1.54, 1.807) is 4.90 Å². The van der Waals surface area contributed by atoms with Crippen molar-refractivity contribution in [2.24, 2.45) is 5.14 Å². The Balaban J connectivity index is 1.63. The van der Waals surface area contributed by atoms with Crippen LogP contribution in [0.5, 0.6) is 0 Å². The van der Waals surface area contributed by atoms with E-state index in [9.17, 15) is 18.0 Å². The number of rotatable bonds is 4. The fourth-order valence-corrected chi connectivity index (χ4v) is 4.69. The summed E-state index contributed by atoms with van der Waals surface area (Å²) in [5.74, 6) is -0.514. The van der Waals surface area contributed by atoms with Gasteiger partial charge in [-0.05, 0) is 49.1 Å². The highest BCUT2D eigenvalue weighted by Gasteiger charge is 2.25. The molecule has 29 heavy (non-hydrogen) atoms. The Hall–Kier alpha value is -2.07. The number of nitrogens with zero attached hydrogens (tertiary/aromatic N) is 1. The molecule has 2 aromatic carbocycles. The van der Waals surface area contributed by atoms with E-state index in [4.69, 9.17) is 16.7 Å². The molecule has 0 unspecified atom stereocenters. The average Bonchev–Trinajstić information content (AvgIpc) is 2.66. The number of anilines is 2. The molecule has 0 atom stereocenters. The second-order valence-corrected chi connectivity index (χ2v) is 9.52. The molecule has 7 nitrogen and oxygen atoms in total. The molecule has 154 valence electrons. The summed E-state index contributed by atoms with van der Waals surface area (Å²) in [6.45, 7) is 2.58. The van der Waals surface area contributed by atoms with Gasteiger partial charge in [-0.25, -0.2) is 13.6 Å². The number of thioether (sulfide) groups is 1. The monoisotopic (exact) mass is 453 g/mol. The number of aryl methyl sites for hydroxylation is 2. The molecular formula is C19H20ClN3O4S2. The maximum atomic E-state index is 12.7. The number of nitrogens with two attached hydrogens (primary N) is 1. The van der Waals surface area contributed by atoms with Gasteiger partial charge in [0.15, 0.2) is 0 Å². The number of halogens is 1. The first kappa shape index (κ1) is 21.6. The zero-order valence-corrected chi connectivity index (χ0v) is 18.0. The third kappa shape index (κ3) is 5.11. The Morgan fingerprint density at radius 1 is 1.28 bits per heavy atom. The number of amides is 2. The van der Waals surface area contributed by atoms with Crippen molar-refractivity contribution in [1.82, 2.24) is 0 Å². The maximum absolute atomic E-state index is 12.7. The Kier molecular flexibility index (Phi) is 6.52. The van der Waals surface area contributed by atoms with E-state index >= 15 is 0 Å². The Labute approximate surface area is 178 Å². The normalized spacial score (nSPS) is 13.7. The summed E-state index contributed by atoms with van der Waals surface area (Å²) < 4.78 is 22.7. The van der Waals surface area contributed by atoms with Crippen LogP contribution in [0, 0.1) is 6.92 Å². The van der Waals surface area contributed by atoms with Crippen molar-refractivity contribution >= 4 is 55.9 Å². The summed E-state index contributed by atoms with van der Waals surface area (Å²) in [4.78, 5) is 26.5. The number of hydrogen-bond donors (Lipinski definition) is 2. The number of benzene rings is 2. The zero-order valence-electron chi connectivity index (χ0n) is 15.6. The molecule has 0 bridgehead atoms. The highest BCUT2D eigenvalue weighted by atomic mass is 35.5. The minimum Gasteiger partial charge on any atom is -0.324 e. The van der Waals surface area contributed by atoms with Gasteiger partial charge in [0.2, 0.25) is 15.9 Å². The zero-order chi connectivity index (χ0) is 21.2. The van der Waals surface area contributed by atoms with Gasteiger partial charge in [-0.15, -0.1) is 0 Å². The predicted octanol–water partition coefficient (Wildman–Crippen LogP) is 3.54. The van der Waals surface area contributed by atoms with Crippen molar-refractivity contribution in [3.63, 3.8) is 0 Å². The number of primary sulfonamides is 1. The van der Waals surface area contributed by atoms with Crippen LogP contribution in [0.15, 0.2) is 41.3 Å².